The molecule has 0 amide bonds. The Morgan fingerprint density at radius 1 is 1.63 bits per heavy atom. The van der Waals surface area contributed by atoms with Crippen molar-refractivity contribution in [2.24, 2.45) is 0 Å². The Kier molecular flexibility index (Phi) is 5.39. The third kappa shape index (κ3) is 3.28. The minimum atomic E-state index is -3.88. The number of hydrogen-bond acceptors (Lipinski definition) is 5. The van der Waals surface area contributed by atoms with Gasteiger partial charge in [-0.15, -0.1) is 0 Å². The van der Waals surface area contributed by atoms with E-state index in [2.05, 4.69) is 10.2 Å². The Hall–Kier alpha value is -1.06. The van der Waals surface area contributed by atoms with Crippen LogP contribution in [-0.4, -0.2) is 59.1 Å². The largest absolute Gasteiger partial charge is 0.478 e. The van der Waals surface area contributed by atoms with E-state index in [-0.39, 0.29) is 16.6 Å². The molecule has 108 valence electrons. The molecule has 1 heterocycles. The van der Waals surface area contributed by atoms with Crippen LogP contribution in [0.4, 0.5) is 0 Å². The van der Waals surface area contributed by atoms with Gasteiger partial charge in [-0.25, -0.2) is 13.2 Å². The number of aromatic carboxylic acids is 1. The second kappa shape index (κ2) is 6.40. The van der Waals surface area contributed by atoms with E-state index in [0.717, 1.165) is 6.20 Å². The molecule has 0 aliphatic heterocycles. The van der Waals surface area contributed by atoms with Gasteiger partial charge in [0, 0.05) is 18.8 Å². The number of carboxylic acid groups (broad SMARTS) is 1. The molecule has 1 aromatic heterocycles. The maximum absolute atomic E-state index is 12.4. The lowest BCUT2D eigenvalue weighted by Gasteiger charge is -2.25. The van der Waals surface area contributed by atoms with E-state index in [4.69, 9.17) is 5.11 Å². The summed E-state index contributed by atoms with van der Waals surface area (Å²) < 4.78 is 25.9. The Morgan fingerprint density at radius 2 is 2.26 bits per heavy atom. The second-order valence-electron chi connectivity index (χ2n) is 3.96. The molecule has 0 aliphatic rings. The molecule has 1 unspecified atom stereocenters. The molecule has 0 saturated carbocycles. The van der Waals surface area contributed by atoms with Crippen LogP contribution < -0.4 is 0 Å². The van der Waals surface area contributed by atoms with Crippen molar-refractivity contribution in [2.75, 3.05) is 19.1 Å². The van der Waals surface area contributed by atoms with Gasteiger partial charge >= 0.3 is 5.97 Å². The fraction of sp³-hybridized carbons (Fsp3) is 0.600. The number of aromatic nitrogens is 2. The number of sulfonamides is 1. The van der Waals surface area contributed by atoms with E-state index >= 15 is 0 Å². The zero-order valence-corrected chi connectivity index (χ0v) is 12.6. The molecular weight excluding hydrogens is 290 g/mol. The minimum absolute atomic E-state index is 0.190. The molecule has 0 aliphatic carbocycles. The number of hydrogen-bond donors (Lipinski definition) is 2. The van der Waals surface area contributed by atoms with Crippen molar-refractivity contribution in [1.29, 1.82) is 0 Å². The standard InChI is InChI=1S/C10H17N3O4S2/c1-4-7(6-18-3)13(2)19(16,17)9-8(10(14)15)5-11-12-9/h5,7H,4,6H2,1-3H3,(H,11,12)(H,14,15). The van der Waals surface area contributed by atoms with Crippen molar-refractivity contribution < 1.29 is 18.3 Å². The number of thioether (sulfide) groups is 1. The van der Waals surface area contributed by atoms with E-state index in [0.29, 0.717) is 12.2 Å². The summed E-state index contributed by atoms with van der Waals surface area (Å²) in [5, 5.41) is 14.3. The molecule has 2 N–H and O–H groups in total. The van der Waals surface area contributed by atoms with E-state index in [1.165, 1.54) is 23.1 Å². The van der Waals surface area contributed by atoms with Crippen LogP contribution in [-0.2, 0) is 10.0 Å². The molecule has 0 fully saturated rings. The van der Waals surface area contributed by atoms with Gasteiger partial charge in [-0.3, -0.25) is 5.10 Å². The average molecular weight is 307 g/mol. The number of aromatic amines is 1. The summed E-state index contributed by atoms with van der Waals surface area (Å²) in [7, 11) is -2.43. The molecule has 1 atom stereocenters. The molecule has 0 saturated heterocycles. The molecule has 7 nitrogen and oxygen atoms in total. The molecule has 0 spiro atoms. The van der Waals surface area contributed by atoms with Crippen LogP contribution in [0.1, 0.15) is 23.7 Å². The average Bonchev–Trinajstić information content (AvgIpc) is 2.85. The SMILES string of the molecule is CCC(CSC)N(C)S(=O)(=O)c1[nH]ncc1C(=O)O. The quantitative estimate of drug-likeness (QED) is 0.774. The van der Waals surface area contributed by atoms with Gasteiger partial charge in [-0.2, -0.15) is 21.2 Å². The van der Waals surface area contributed by atoms with Crippen molar-refractivity contribution in [3.8, 4) is 0 Å². The van der Waals surface area contributed by atoms with Crippen molar-refractivity contribution in [1.82, 2.24) is 14.5 Å². The summed E-state index contributed by atoms with van der Waals surface area (Å²) in [4.78, 5) is 11.0. The van der Waals surface area contributed by atoms with Crippen molar-refractivity contribution >= 4 is 27.8 Å². The lowest BCUT2D eigenvalue weighted by atomic mass is 10.3. The Bertz CT molecular complexity index is 541. The zero-order valence-electron chi connectivity index (χ0n) is 11.0. The molecule has 19 heavy (non-hydrogen) atoms. The van der Waals surface area contributed by atoms with Crippen LogP contribution in [0.2, 0.25) is 0 Å². The molecule has 0 bridgehead atoms. The number of carboxylic acids is 1. The third-order valence-electron chi connectivity index (χ3n) is 2.82. The first-order valence-corrected chi connectivity index (χ1v) is 8.43. The first kappa shape index (κ1) is 16.0. The highest BCUT2D eigenvalue weighted by molar-refractivity contribution is 7.98. The highest BCUT2D eigenvalue weighted by atomic mass is 32.2. The number of H-pyrrole nitrogens is 1. The third-order valence-corrected chi connectivity index (χ3v) is 5.42. The maximum Gasteiger partial charge on any atom is 0.340 e. The van der Waals surface area contributed by atoms with Gasteiger partial charge in [-0.1, -0.05) is 6.92 Å². The van der Waals surface area contributed by atoms with Gasteiger partial charge in [0.2, 0.25) is 0 Å². The zero-order chi connectivity index (χ0) is 14.6. The van der Waals surface area contributed by atoms with Crippen LogP contribution in [0, 0.1) is 0 Å². The monoisotopic (exact) mass is 307 g/mol. The van der Waals surface area contributed by atoms with Crippen LogP contribution >= 0.6 is 11.8 Å². The molecule has 0 aromatic carbocycles. The van der Waals surface area contributed by atoms with Gasteiger partial charge in [0.1, 0.15) is 5.56 Å². The summed E-state index contributed by atoms with van der Waals surface area (Å²) in [6.45, 7) is 1.89. The Balaban J connectivity index is 3.16. The Labute approximate surface area is 116 Å². The first-order valence-electron chi connectivity index (χ1n) is 5.59. The minimum Gasteiger partial charge on any atom is -0.478 e. The van der Waals surface area contributed by atoms with Crippen LogP contribution in [0.25, 0.3) is 0 Å². The van der Waals surface area contributed by atoms with Gasteiger partial charge in [0.25, 0.3) is 10.0 Å². The fourth-order valence-corrected chi connectivity index (χ4v) is 4.06. The number of nitrogens with one attached hydrogen (secondary N) is 1. The fourth-order valence-electron chi connectivity index (χ4n) is 1.64. The predicted molar refractivity (Wildman–Crippen MR) is 73.0 cm³/mol. The molecule has 0 radical (unpaired) electrons. The summed E-state index contributed by atoms with van der Waals surface area (Å²) in [6.07, 6.45) is 3.54. The van der Waals surface area contributed by atoms with Crippen molar-refractivity contribution in [2.45, 2.75) is 24.4 Å². The molecule has 1 rings (SSSR count). The topological polar surface area (TPSA) is 103 Å². The first-order chi connectivity index (χ1) is 8.86. The van der Waals surface area contributed by atoms with E-state index in [1.807, 2.05) is 13.2 Å². The number of rotatable bonds is 7. The summed E-state index contributed by atoms with van der Waals surface area (Å²) in [5.41, 5.74) is -0.342. The molecule has 9 heteroatoms. The van der Waals surface area contributed by atoms with Crippen LogP contribution in [0.15, 0.2) is 11.2 Å². The lowest BCUT2D eigenvalue weighted by molar-refractivity contribution is 0.0692. The number of carbonyl (C=O) groups is 1. The highest BCUT2D eigenvalue weighted by Gasteiger charge is 2.32. The predicted octanol–water partition coefficient (Wildman–Crippen LogP) is 0.870. The van der Waals surface area contributed by atoms with Crippen molar-refractivity contribution in [3.05, 3.63) is 11.8 Å². The normalized spacial score (nSPS) is 13.7. The van der Waals surface area contributed by atoms with Gasteiger partial charge in [0.15, 0.2) is 5.03 Å². The summed E-state index contributed by atoms with van der Waals surface area (Å²) in [5.74, 6) is -0.679. The molecular formula is C10H17N3O4S2. The summed E-state index contributed by atoms with van der Waals surface area (Å²) in [6, 6.07) is -0.190. The maximum atomic E-state index is 12.4. The van der Waals surface area contributed by atoms with E-state index in [1.54, 1.807) is 0 Å². The highest BCUT2D eigenvalue weighted by Crippen LogP contribution is 2.21. The second-order valence-corrected chi connectivity index (χ2v) is 6.80. The smallest absolute Gasteiger partial charge is 0.340 e. The lowest BCUT2D eigenvalue weighted by Crippen LogP contribution is -2.39. The van der Waals surface area contributed by atoms with Crippen molar-refractivity contribution in [3.63, 3.8) is 0 Å². The van der Waals surface area contributed by atoms with Crippen LogP contribution in [0.3, 0.4) is 0 Å². The molecule has 1 aromatic rings. The van der Waals surface area contributed by atoms with Gasteiger partial charge in [0.05, 0.1) is 6.20 Å². The van der Waals surface area contributed by atoms with E-state index in [9.17, 15) is 13.2 Å². The van der Waals surface area contributed by atoms with E-state index < -0.39 is 16.0 Å². The number of nitrogens with zero attached hydrogens (tertiary/aromatic N) is 2. The van der Waals surface area contributed by atoms with Crippen LogP contribution in [0.5, 0.6) is 0 Å². The summed E-state index contributed by atoms with van der Waals surface area (Å²) >= 11 is 1.54. The van der Waals surface area contributed by atoms with Gasteiger partial charge in [-0.05, 0) is 12.7 Å². The Morgan fingerprint density at radius 3 is 2.74 bits per heavy atom. The van der Waals surface area contributed by atoms with Gasteiger partial charge < -0.3 is 5.11 Å².